The standard InChI is InChI=1S/C8H19NO3Si/c1-13(2,12)7-3-5-9-6-4-8(10)11/h9,12H,3-7H2,1-2H3,(H,10,11). The second-order valence-corrected chi connectivity index (χ2v) is 7.93. The molecule has 0 aromatic rings. The van der Waals surface area contributed by atoms with Crippen molar-refractivity contribution < 1.29 is 14.7 Å². The van der Waals surface area contributed by atoms with Crippen molar-refractivity contribution in [2.24, 2.45) is 0 Å². The van der Waals surface area contributed by atoms with Crippen LogP contribution < -0.4 is 5.32 Å². The highest BCUT2D eigenvalue weighted by Crippen LogP contribution is 2.06. The monoisotopic (exact) mass is 205 g/mol. The molecular formula is C8H19NO3Si. The predicted octanol–water partition coefficient (Wildman–Crippen LogP) is 0.638. The summed E-state index contributed by atoms with van der Waals surface area (Å²) < 4.78 is 0. The Morgan fingerprint density at radius 2 is 2.00 bits per heavy atom. The zero-order valence-electron chi connectivity index (χ0n) is 8.34. The lowest BCUT2D eigenvalue weighted by Gasteiger charge is -2.13. The lowest BCUT2D eigenvalue weighted by atomic mass is 10.4. The van der Waals surface area contributed by atoms with Crippen LogP contribution in [0.2, 0.25) is 19.1 Å². The molecule has 3 N–H and O–H groups in total. The molecular weight excluding hydrogens is 186 g/mol. The van der Waals surface area contributed by atoms with E-state index in [-0.39, 0.29) is 6.42 Å². The maximum absolute atomic E-state index is 10.1. The smallest absolute Gasteiger partial charge is 0.304 e. The third-order valence-electron chi connectivity index (χ3n) is 1.66. The predicted molar refractivity (Wildman–Crippen MR) is 54.2 cm³/mol. The molecule has 0 aromatic carbocycles. The molecule has 0 aliphatic heterocycles. The molecule has 0 aromatic heterocycles. The van der Waals surface area contributed by atoms with Crippen LogP contribution in [0.15, 0.2) is 0 Å². The van der Waals surface area contributed by atoms with Crippen molar-refractivity contribution in [3.05, 3.63) is 0 Å². The van der Waals surface area contributed by atoms with E-state index in [1.54, 1.807) is 0 Å². The third kappa shape index (κ3) is 11.6. The van der Waals surface area contributed by atoms with Crippen LogP contribution in [0.4, 0.5) is 0 Å². The van der Waals surface area contributed by atoms with Crippen LogP contribution in [0.1, 0.15) is 12.8 Å². The molecule has 0 saturated carbocycles. The molecule has 13 heavy (non-hydrogen) atoms. The van der Waals surface area contributed by atoms with E-state index in [1.807, 2.05) is 13.1 Å². The first-order chi connectivity index (χ1) is 5.92. The number of nitrogens with one attached hydrogen (secondary N) is 1. The number of carboxylic acids is 1. The Kier molecular flexibility index (Phi) is 5.94. The van der Waals surface area contributed by atoms with Crippen LogP contribution in [-0.2, 0) is 4.79 Å². The fourth-order valence-electron chi connectivity index (χ4n) is 0.966. The van der Waals surface area contributed by atoms with Gasteiger partial charge in [0.1, 0.15) is 0 Å². The number of rotatable bonds is 7. The molecule has 0 unspecified atom stereocenters. The summed E-state index contributed by atoms with van der Waals surface area (Å²) in [4.78, 5) is 19.6. The molecule has 0 rings (SSSR count). The quantitative estimate of drug-likeness (QED) is 0.421. The van der Waals surface area contributed by atoms with Crippen LogP contribution in [0.3, 0.4) is 0 Å². The van der Waals surface area contributed by atoms with E-state index in [0.717, 1.165) is 19.0 Å². The molecule has 0 aliphatic rings. The Labute approximate surface area is 80.1 Å². The lowest BCUT2D eigenvalue weighted by molar-refractivity contribution is -0.136. The number of hydrogen-bond donors (Lipinski definition) is 3. The Morgan fingerprint density at radius 1 is 1.38 bits per heavy atom. The van der Waals surface area contributed by atoms with E-state index in [4.69, 9.17) is 5.11 Å². The molecule has 5 heteroatoms. The van der Waals surface area contributed by atoms with Gasteiger partial charge in [0.2, 0.25) is 0 Å². The van der Waals surface area contributed by atoms with Crippen molar-refractivity contribution in [2.75, 3.05) is 13.1 Å². The van der Waals surface area contributed by atoms with Gasteiger partial charge in [-0.15, -0.1) is 0 Å². The normalized spacial score (nSPS) is 11.6. The van der Waals surface area contributed by atoms with Gasteiger partial charge in [-0.3, -0.25) is 4.79 Å². The van der Waals surface area contributed by atoms with Crippen molar-refractivity contribution in [2.45, 2.75) is 32.0 Å². The van der Waals surface area contributed by atoms with Gasteiger partial charge in [0, 0.05) is 6.54 Å². The molecule has 0 saturated heterocycles. The molecule has 0 radical (unpaired) electrons. The van der Waals surface area contributed by atoms with E-state index in [1.165, 1.54) is 0 Å². The molecule has 0 atom stereocenters. The minimum Gasteiger partial charge on any atom is -0.481 e. The maximum Gasteiger partial charge on any atom is 0.304 e. The highest BCUT2D eigenvalue weighted by atomic mass is 28.4. The third-order valence-corrected chi connectivity index (χ3v) is 3.23. The summed E-state index contributed by atoms with van der Waals surface area (Å²) in [6.07, 6.45) is 1.09. The maximum atomic E-state index is 10.1. The second-order valence-electron chi connectivity index (χ2n) is 3.81. The molecule has 0 aliphatic carbocycles. The zero-order valence-corrected chi connectivity index (χ0v) is 9.34. The van der Waals surface area contributed by atoms with E-state index in [2.05, 4.69) is 5.32 Å². The summed E-state index contributed by atoms with van der Waals surface area (Å²) in [5.74, 6) is -0.774. The number of carbonyl (C=O) groups is 1. The van der Waals surface area contributed by atoms with Crippen LogP contribution in [0.25, 0.3) is 0 Å². The van der Waals surface area contributed by atoms with Gasteiger partial charge in [0.05, 0.1) is 6.42 Å². The molecule has 0 bridgehead atoms. The molecule has 0 spiro atoms. The van der Waals surface area contributed by atoms with Crippen molar-refractivity contribution >= 4 is 14.3 Å². The summed E-state index contributed by atoms with van der Waals surface area (Å²) in [5, 5.41) is 11.3. The first-order valence-corrected chi connectivity index (χ1v) is 7.72. The average molecular weight is 205 g/mol. The van der Waals surface area contributed by atoms with E-state index in [0.29, 0.717) is 6.54 Å². The molecule has 4 nitrogen and oxygen atoms in total. The molecule has 78 valence electrons. The highest BCUT2D eigenvalue weighted by Gasteiger charge is 2.15. The van der Waals surface area contributed by atoms with Gasteiger partial charge < -0.3 is 15.2 Å². The molecule has 0 heterocycles. The van der Waals surface area contributed by atoms with Crippen molar-refractivity contribution in [1.29, 1.82) is 0 Å². The summed E-state index contributed by atoms with van der Waals surface area (Å²) in [5.41, 5.74) is 0. The summed E-state index contributed by atoms with van der Waals surface area (Å²) in [6.45, 7) is 5.13. The zero-order chi connectivity index (χ0) is 10.3. The van der Waals surface area contributed by atoms with Gasteiger partial charge in [-0.2, -0.15) is 0 Å². The highest BCUT2D eigenvalue weighted by molar-refractivity contribution is 6.69. The van der Waals surface area contributed by atoms with Gasteiger partial charge in [0.25, 0.3) is 0 Å². The van der Waals surface area contributed by atoms with Crippen LogP contribution in [-0.4, -0.2) is 37.3 Å². The van der Waals surface area contributed by atoms with Crippen molar-refractivity contribution in [3.8, 4) is 0 Å². The second kappa shape index (κ2) is 6.12. The minimum absolute atomic E-state index is 0.167. The van der Waals surface area contributed by atoms with E-state index in [9.17, 15) is 9.59 Å². The van der Waals surface area contributed by atoms with Gasteiger partial charge in [-0.25, -0.2) is 0 Å². The Morgan fingerprint density at radius 3 is 2.46 bits per heavy atom. The van der Waals surface area contributed by atoms with Gasteiger partial charge in [-0.1, -0.05) is 0 Å². The molecule has 0 fully saturated rings. The van der Waals surface area contributed by atoms with E-state index >= 15 is 0 Å². The number of carboxylic acid groups (broad SMARTS) is 1. The van der Waals surface area contributed by atoms with Gasteiger partial charge >= 0.3 is 5.97 Å². The summed E-state index contributed by atoms with van der Waals surface area (Å²) in [7, 11) is -1.90. The van der Waals surface area contributed by atoms with E-state index < -0.39 is 14.3 Å². The Hall–Kier alpha value is -0.393. The van der Waals surface area contributed by atoms with Crippen molar-refractivity contribution in [1.82, 2.24) is 5.32 Å². The van der Waals surface area contributed by atoms with Crippen molar-refractivity contribution in [3.63, 3.8) is 0 Å². The largest absolute Gasteiger partial charge is 0.481 e. The first kappa shape index (κ1) is 12.6. The first-order valence-electron chi connectivity index (χ1n) is 4.57. The fourth-order valence-corrected chi connectivity index (χ4v) is 2.01. The van der Waals surface area contributed by atoms with Crippen LogP contribution >= 0.6 is 0 Å². The topological polar surface area (TPSA) is 69.6 Å². The molecule has 0 amide bonds. The summed E-state index contributed by atoms with van der Waals surface area (Å²) in [6, 6.07) is 0.868. The summed E-state index contributed by atoms with van der Waals surface area (Å²) >= 11 is 0. The SMILES string of the molecule is C[Si](C)(O)CCCNCCC(=O)O. The Bertz CT molecular complexity index is 156. The lowest BCUT2D eigenvalue weighted by Crippen LogP contribution is -2.27. The fraction of sp³-hybridized carbons (Fsp3) is 0.875. The van der Waals surface area contributed by atoms with Gasteiger partial charge in [0.15, 0.2) is 8.32 Å². The minimum atomic E-state index is -1.90. The van der Waals surface area contributed by atoms with Crippen LogP contribution in [0.5, 0.6) is 0 Å². The van der Waals surface area contributed by atoms with Gasteiger partial charge in [-0.05, 0) is 32.1 Å². The van der Waals surface area contributed by atoms with Crippen LogP contribution in [0, 0.1) is 0 Å². The number of aliphatic carboxylic acids is 1. The Balaban J connectivity index is 3.13. The average Bonchev–Trinajstić information content (AvgIpc) is 1.93. The number of hydrogen-bond acceptors (Lipinski definition) is 3.